The molecule has 0 aliphatic carbocycles. The molecule has 0 spiro atoms. The number of ether oxygens (including phenoxy) is 2. The van der Waals surface area contributed by atoms with Crippen LogP contribution in [0.15, 0.2) is 0 Å². The minimum atomic E-state index is -0.0649. The van der Waals surface area contributed by atoms with E-state index in [0.717, 1.165) is 71.4 Å². The smallest absolute Gasteiger partial charge is 0.307 e. The van der Waals surface area contributed by atoms with Crippen molar-refractivity contribution >= 4 is 11.9 Å². The van der Waals surface area contributed by atoms with E-state index in [9.17, 15) is 9.59 Å². The van der Waals surface area contributed by atoms with E-state index in [1.165, 1.54) is 141 Å². The average molecular weight is 695 g/mol. The Labute approximate surface area is 306 Å². The van der Waals surface area contributed by atoms with E-state index in [4.69, 9.17) is 9.47 Å². The van der Waals surface area contributed by atoms with Gasteiger partial charge in [0.15, 0.2) is 0 Å². The molecule has 0 unspecified atom stereocenters. The Morgan fingerprint density at radius 1 is 0.347 bits per heavy atom. The molecule has 0 amide bonds. The van der Waals surface area contributed by atoms with Gasteiger partial charge in [0.25, 0.3) is 0 Å². The van der Waals surface area contributed by atoms with Crippen LogP contribution in [-0.2, 0) is 19.1 Å². The van der Waals surface area contributed by atoms with Crippen molar-refractivity contribution in [2.45, 2.75) is 214 Å². The molecule has 0 saturated heterocycles. The van der Waals surface area contributed by atoms with Gasteiger partial charge in [-0.05, 0) is 45.4 Å². The maximum Gasteiger partial charge on any atom is 0.307 e. The van der Waals surface area contributed by atoms with Crippen molar-refractivity contribution in [1.29, 1.82) is 0 Å². The van der Waals surface area contributed by atoms with Gasteiger partial charge in [0.1, 0.15) is 0 Å². The predicted molar refractivity (Wildman–Crippen MR) is 211 cm³/mol. The molecular formula is C43H86N2O4. The largest absolute Gasteiger partial charge is 0.466 e. The summed E-state index contributed by atoms with van der Waals surface area (Å²) in [5, 5.41) is 0. The molecule has 6 heteroatoms. The summed E-state index contributed by atoms with van der Waals surface area (Å²) in [7, 11) is 0. The van der Waals surface area contributed by atoms with Gasteiger partial charge in [-0.2, -0.15) is 0 Å². The van der Waals surface area contributed by atoms with Gasteiger partial charge in [-0.1, -0.05) is 182 Å². The van der Waals surface area contributed by atoms with Crippen LogP contribution in [0.4, 0.5) is 0 Å². The molecule has 0 saturated carbocycles. The molecule has 292 valence electrons. The molecule has 0 heterocycles. The molecule has 0 aromatic rings. The second-order valence-electron chi connectivity index (χ2n) is 14.6. The van der Waals surface area contributed by atoms with Crippen LogP contribution < -0.4 is 0 Å². The molecule has 0 aliphatic rings. The maximum absolute atomic E-state index is 12.3. The average Bonchev–Trinajstić information content (AvgIpc) is 3.11. The number of rotatable bonds is 40. The van der Waals surface area contributed by atoms with Crippen molar-refractivity contribution in [2.75, 3.05) is 52.5 Å². The molecule has 0 aromatic heterocycles. The number of esters is 2. The molecule has 0 bridgehead atoms. The Kier molecular flexibility index (Phi) is 38.7. The van der Waals surface area contributed by atoms with Crippen molar-refractivity contribution in [2.24, 2.45) is 0 Å². The number of unbranched alkanes of at least 4 members (excludes halogenated alkanes) is 24. The highest BCUT2D eigenvalue weighted by Crippen LogP contribution is 2.14. The van der Waals surface area contributed by atoms with Crippen LogP contribution in [-0.4, -0.2) is 74.2 Å². The second kappa shape index (κ2) is 39.6. The number of carbonyl (C=O) groups excluding carboxylic acids is 2. The molecule has 0 aliphatic heterocycles. The molecule has 0 rings (SSSR count). The maximum atomic E-state index is 12.3. The highest BCUT2D eigenvalue weighted by atomic mass is 16.5. The summed E-state index contributed by atoms with van der Waals surface area (Å²) in [6.07, 6.45) is 36.4. The molecule has 0 N–H and O–H groups in total. The van der Waals surface area contributed by atoms with Crippen LogP contribution in [0.1, 0.15) is 214 Å². The zero-order valence-corrected chi connectivity index (χ0v) is 33.7. The highest BCUT2D eigenvalue weighted by molar-refractivity contribution is 5.69. The minimum Gasteiger partial charge on any atom is -0.466 e. The van der Waals surface area contributed by atoms with Crippen LogP contribution in [0.3, 0.4) is 0 Å². The first kappa shape index (κ1) is 47.9. The zero-order chi connectivity index (χ0) is 35.9. The lowest BCUT2D eigenvalue weighted by Gasteiger charge is -2.23. The SMILES string of the molecule is CCCCCCCCCCCCCCCOC(=O)CCN(CC)CCCN(CC)CCC(=O)OCCCCCCCCCCCCCCC. The summed E-state index contributed by atoms with van der Waals surface area (Å²) >= 11 is 0. The molecule has 0 atom stereocenters. The van der Waals surface area contributed by atoms with E-state index in [-0.39, 0.29) is 11.9 Å². The molecular weight excluding hydrogens is 608 g/mol. The van der Waals surface area contributed by atoms with Gasteiger partial charge in [0, 0.05) is 13.1 Å². The molecule has 49 heavy (non-hydrogen) atoms. The van der Waals surface area contributed by atoms with Crippen LogP contribution in [0.5, 0.6) is 0 Å². The van der Waals surface area contributed by atoms with Gasteiger partial charge in [0.2, 0.25) is 0 Å². The Bertz CT molecular complexity index is 633. The number of hydrogen-bond donors (Lipinski definition) is 0. The fraction of sp³-hybridized carbons (Fsp3) is 0.953. The molecule has 0 fully saturated rings. The summed E-state index contributed by atoms with van der Waals surface area (Å²) in [5.41, 5.74) is 0. The number of carbonyl (C=O) groups is 2. The van der Waals surface area contributed by atoms with Crippen molar-refractivity contribution in [1.82, 2.24) is 9.80 Å². The van der Waals surface area contributed by atoms with Crippen molar-refractivity contribution in [3.8, 4) is 0 Å². The first-order chi connectivity index (χ1) is 24.1. The topological polar surface area (TPSA) is 59.1 Å². The van der Waals surface area contributed by atoms with Crippen molar-refractivity contribution in [3.63, 3.8) is 0 Å². The summed E-state index contributed by atoms with van der Waals surface area (Å²) in [6, 6.07) is 0. The lowest BCUT2D eigenvalue weighted by molar-refractivity contribution is -0.145. The third-order valence-corrected chi connectivity index (χ3v) is 10.1. The number of hydrogen-bond acceptors (Lipinski definition) is 6. The van der Waals surface area contributed by atoms with E-state index in [0.29, 0.717) is 26.1 Å². The lowest BCUT2D eigenvalue weighted by Crippen LogP contribution is -2.32. The van der Waals surface area contributed by atoms with Gasteiger partial charge < -0.3 is 19.3 Å². The van der Waals surface area contributed by atoms with Gasteiger partial charge in [-0.3, -0.25) is 9.59 Å². The van der Waals surface area contributed by atoms with Gasteiger partial charge in [-0.25, -0.2) is 0 Å². The molecule has 0 aromatic carbocycles. The predicted octanol–water partition coefficient (Wildman–Crippen LogP) is 12.1. The third-order valence-electron chi connectivity index (χ3n) is 10.1. The summed E-state index contributed by atoms with van der Waals surface area (Å²) in [6.45, 7) is 15.3. The van der Waals surface area contributed by atoms with E-state index in [1.807, 2.05) is 0 Å². The first-order valence-corrected chi connectivity index (χ1v) is 21.8. The van der Waals surface area contributed by atoms with Gasteiger partial charge >= 0.3 is 11.9 Å². The third kappa shape index (κ3) is 36.5. The molecule has 6 nitrogen and oxygen atoms in total. The van der Waals surface area contributed by atoms with Crippen LogP contribution in [0, 0.1) is 0 Å². The monoisotopic (exact) mass is 695 g/mol. The van der Waals surface area contributed by atoms with E-state index in [1.54, 1.807) is 0 Å². The Hall–Kier alpha value is -1.14. The van der Waals surface area contributed by atoms with Crippen LogP contribution in [0.2, 0.25) is 0 Å². The van der Waals surface area contributed by atoms with E-state index < -0.39 is 0 Å². The summed E-state index contributed by atoms with van der Waals surface area (Å²) < 4.78 is 11.0. The fourth-order valence-corrected chi connectivity index (χ4v) is 6.63. The van der Waals surface area contributed by atoms with Gasteiger partial charge in [-0.15, -0.1) is 0 Å². The minimum absolute atomic E-state index is 0.0649. The Morgan fingerprint density at radius 3 is 0.878 bits per heavy atom. The van der Waals surface area contributed by atoms with E-state index in [2.05, 4.69) is 37.5 Å². The Balaban J connectivity index is 3.67. The van der Waals surface area contributed by atoms with Crippen molar-refractivity contribution in [3.05, 3.63) is 0 Å². The van der Waals surface area contributed by atoms with Crippen LogP contribution >= 0.6 is 0 Å². The second-order valence-corrected chi connectivity index (χ2v) is 14.6. The Morgan fingerprint density at radius 2 is 0.612 bits per heavy atom. The zero-order valence-electron chi connectivity index (χ0n) is 33.7. The fourth-order valence-electron chi connectivity index (χ4n) is 6.63. The van der Waals surface area contributed by atoms with E-state index >= 15 is 0 Å². The highest BCUT2D eigenvalue weighted by Gasteiger charge is 2.11. The summed E-state index contributed by atoms with van der Waals surface area (Å²) in [4.78, 5) is 29.2. The molecule has 0 radical (unpaired) electrons. The summed E-state index contributed by atoms with van der Waals surface area (Å²) in [5.74, 6) is -0.130. The van der Waals surface area contributed by atoms with Crippen molar-refractivity contribution < 1.29 is 19.1 Å². The van der Waals surface area contributed by atoms with Gasteiger partial charge in [0.05, 0.1) is 26.1 Å². The quantitative estimate of drug-likeness (QED) is 0.0470. The first-order valence-electron chi connectivity index (χ1n) is 21.8. The lowest BCUT2D eigenvalue weighted by atomic mass is 10.0. The number of nitrogens with zero attached hydrogens (tertiary/aromatic N) is 2. The standard InChI is InChI=1S/C43H86N2O4/c1-5-9-11-13-15-17-19-21-23-25-27-29-31-40-48-42(46)34-38-44(7-3)36-33-37-45(8-4)39-35-43(47)49-41-32-30-28-26-24-22-20-18-16-14-12-10-6-2/h5-41H2,1-4H3. The van der Waals surface area contributed by atoms with Crippen LogP contribution in [0.25, 0.3) is 0 Å². The normalized spacial score (nSPS) is 11.6.